The van der Waals surface area contributed by atoms with Gasteiger partial charge in [-0.3, -0.25) is 19.4 Å². The van der Waals surface area contributed by atoms with Crippen molar-refractivity contribution in [1.82, 2.24) is 20.4 Å². The maximum Gasteiger partial charge on any atom is 0.329 e. The summed E-state index contributed by atoms with van der Waals surface area (Å²) in [6, 6.07) is 30.0. The quantitative estimate of drug-likeness (QED) is 0.0679. The lowest BCUT2D eigenvalue weighted by molar-refractivity contribution is -0.145. The minimum Gasteiger partial charge on any atom is -0.506 e. The molecule has 470 valence electrons. The van der Waals surface area contributed by atoms with E-state index in [1.807, 2.05) is 119 Å². The fourth-order valence-corrected chi connectivity index (χ4v) is 15.1. The highest BCUT2D eigenvalue weighted by molar-refractivity contribution is 8.76. The summed E-state index contributed by atoms with van der Waals surface area (Å²) < 4.78 is 10.7. The highest BCUT2D eigenvalue weighted by atomic mass is 33.1. The van der Waals surface area contributed by atoms with Gasteiger partial charge < -0.3 is 40.5 Å². The van der Waals surface area contributed by atoms with E-state index in [0.29, 0.717) is 41.8 Å². The van der Waals surface area contributed by atoms with E-state index >= 15 is 9.59 Å². The number of aromatic hydroxyl groups is 4. The molecular formula is C70H86N4O10S4. The van der Waals surface area contributed by atoms with Gasteiger partial charge >= 0.3 is 11.9 Å². The van der Waals surface area contributed by atoms with Crippen LogP contribution < -0.4 is 10.6 Å². The molecule has 88 heavy (non-hydrogen) atoms. The smallest absolute Gasteiger partial charge is 0.329 e. The van der Waals surface area contributed by atoms with Crippen molar-refractivity contribution in [2.24, 2.45) is 0 Å². The van der Waals surface area contributed by atoms with Crippen molar-refractivity contribution in [3.05, 3.63) is 165 Å². The Kier molecular flexibility index (Phi) is 21.4. The van der Waals surface area contributed by atoms with E-state index in [0.717, 1.165) is 33.4 Å². The zero-order valence-corrected chi connectivity index (χ0v) is 56.4. The third kappa shape index (κ3) is 16.6. The number of phenolic OH excluding ortho intramolecular Hbond substituents is 4. The number of phenols is 4. The predicted molar refractivity (Wildman–Crippen MR) is 355 cm³/mol. The standard InChI is InChI=1S/C70H86N4O10S4/c1-67(2,3)47-27-43-35-73-36-44-28-49(69(7,8)9)33-57(61(44)77)88-58-34-50(70(10,11)12)30-46(62(58)78)38-74(37-45-29-48(68(4,5)6)32-56(60(45)76)87-55(31-47)59(43)75)54(26-42-23-19-16-20-24-42)64(80)72-52(66(82)84-14)40-86-85-39-51(65(81)83-13)71-63(79)53(73)25-41-21-17-15-18-22-41/h15-24,27-34,51-54,75-78H,25-26,35-40H2,1-14H3,(H,71,79)(H,72,80)/t51-,52?,53-,54-/m1/s1. The molecule has 0 radical (unpaired) electrons. The second-order valence-corrected chi connectivity index (χ2v) is 31.8. The molecule has 10 bridgehead atoms. The van der Waals surface area contributed by atoms with Crippen molar-refractivity contribution >= 4 is 68.9 Å². The Morgan fingerprint density at radius 3 is 0.955 bits per heavy atom. The Hall–Kier alpha value is -6.28. The van der Waals surface area contributed by atoms with E-state index in [1.54, 1.807) is 0 Å². The number of methoxy groups -OCH3 is 2. The Balaban J connectivity index is 1.52. The first-order chi connectivity index (χ1) is 41.3. The zero-order valence-electron chi connectivity index (χ0n) is 53.1. The molecule has 0 spiro atoms. The largest absolute Gasteiger partial charge is 0.506 e. The Morgan fingerprint density at radius 1 is 0.455 bits per heavy atom. The van der Waals surface area contributed by atoms with Crippen molar-refractivity contribution in [1.29, 1.82) is 0 Å². The first kappa shape index (κ1) is 67.6. The Labute approximate surface area is 536 Å². The number of fused-ring (bicyclic) bond motifs is 11. The molecule has 0 aromatic heterocycles. The summed E-state index contributed by atoms with van der Waals surface area (Å²) in [6.45, 7) is 24.8. The minimum atomic E-state index is -1.20. The molecule has 4 atom stereocenters. The van der Waals surface area contributed by atoms with Crippen molar-refractivity contribution < 1.29 is 49.1 Å². The highest BCUT2D eigenvalue weighted by Gasteiger charge is 2.37. The SMILES string of the molecule is COC(=O)C1CSSC[C@H](C(=O)OC)NC(=O)[C@@H](Cc2ccccc2)N2Cc3cc(C(C)(C)C)cc(c3O)Sc3cc(C(C)(C)C)cc(c3O)CN(Cc3cc(C(C)(C)C)cc(c3O)Sc3cc(C(C)(C)C)cc(c3O)C2)[C@H](Cc2ccccc2)C(=O)N1. The van der Waals surface area contributed by atoms with Crippen LogP contribution in [0.15, 0.2) is 129 Å². The molecule has 6 N–H and O–H groups in total. The van der Waals surface area contributed by atoms with Gasteiger partial charge in [0.2, 0.25) is 11.8 Å². The second kappa shape index (κ2) is 27.9. The van der Waals surface area contributed by atoms with E-state index in [4.69, 9.17) is 9.47 Å². The number of amides is 2. The van der Waals surface area contributed by atoms with E-state index in [9.17, 15) is 30.0 Å². The summed E-state index contributed by atoms with van der Waals surface area (Å²) in [5.74, 6) is -2.81. The van der Waals surface area contributed by atoms with Crippen LogP contribution in [-0.2, 0) is 89.3 Å². The fraction of sp³-hybridized carbons (Fsp3) is 0.429. The molecule has 3 aliphatic rings. The number of ether oxygens (including phenoxy) is 2. The van der Waals surface area contributed by atoms with Gasteiger partial charge in [-0.05, 0) is 92.1 Å². The lowest BCUT2D eigenvalue weighted by Gasteiger charge is -2.34. The Bertz CT molecular complexity index is 3150. The molecule has 0 saturated heterocycles. The average molecular weight is 1270 g/mol. The normalized spacial score (nSPS) is 20.3. The first-order valence-electron chi connectivity index (χ1n) is 29.7. The van der Waals surface area contributed by atoms with Crippen LogP contribution in [0.2, 0.25) is 0 Å². The van der Waals surface area contributed by atoms with Gasteiger partial charge in [-0.1, -0.05) is 213 Å². The zero-order chi connectivity index (χ0) is 64.2. The van der Waals surface area contributed by atoms with Crippen molar-refractivity contribution in [3.63, 3.8) is 0 Å². The summed E-state index contributed by atoms with van der Waals surface area (Å²) >= 11 is 2.41. The summed E-state index contributed by atoms with van der Waals surface area (Å²) in [5.41, 5.74) is 5.01. The molecule has 9 rings (SSSR count). The van der Waals surface area contributed by atoms with Gasteiger partial charge in [0, 0.05) is 59.9 Å². The van der Waals surface area contributed by atoms with Crippen LogP contribution in [0.4, 0.5) is 0 Å². The number of rotatable bonds is 6. The molecule has 0 aliphatic carbocycles. The molecular weight excluding hydrogens is 1190 g/mol. The van der Waals surface area contributed by atoms with Gasteiger partial charge in [0.05, 0.1) is 45.9 Å². The van der Waals surface area contributed by atoms with Gasteiger partial charge in [-0.15, -0.1) is 0 Å². The number of benzene rings is 6. The van der Waals surface area contributed by atoms with Crippen LogP contribution in [0.3, 0.4) is 0 Å². The second-order valence-electron chi connectivity index (χ2n) is 27.1. The van der Waals surface area contributed by atoms with Crippen molar-refractivity contribution in [2.45, 2.75) is 188 Å². The lowest BCUT2D eigenvalue weighted by atomic mass is 9.85. The third-order valence-electron chi connectivity index (χ3n) is 16.2. The van der Waals surface area contributed by atoms with E-state index in [2.05, 4.69) is 93.7 Å². The van der Waals surface area contributed by atoms with E-state index in [1.165, 1.54) is 59.3 Å². The minimum absolute atomic E-state index is 0.00552. The number of esters is 2. The molecule has 18 heteroatoms. The van der Waals surface area contributed by atoms with Crippen LogP contribution in [0.25, 0.3) is 0 Å². The summed E-state index contributed by atoms with van der Waals surface area (Å²) in [5, 5.41) is 58.2. The number of nitrogens with one attached hydrogen (secondary N) is 2. The number of carbonyl (C=O) groups is 4. The van der Waals surface area contributed by atoms with Gasteiger partial charge in [-0.25, -0.2) is 9.59 Å². The maximum atomic E-state index is 15.7. The van der Waals surface area contributed by atoms with Crippen LogP contribution in [-0.4, -0.2) is 104 Å². The molecule has 3 aliphatic heterocycles. The first-order valence-corrected chi connectivity index (χ1v) is 33.8. The van der Waals surface area contributed by atoms with Crippen molar-refractivity contribution in [3.8, 4) is 23.0 Å². The van der Waals surface area contributed by atoms with Crippen molar-refractivity contribution in [2.75, 3.05) is 25.7 Å². The maximum absolute atomic E-state index is 15.7. The molecule has 0 saturated carbocycles. The summed E-state index contributed by atoms with van der Waals surface area (Å²) in [7, 11) is 4.92. The van der Waals surface area contributed by atoms with Crippen LogP contribution in [0.1, 0.15) is 139 Å². The topological polar surface area (TPSA) is 198 Å². The monoisotopic (exact) mass is 1270 g/mol. The fourth-order valence-electron chi connectivity index (χ4n) is 10.7. The third-order valence-corrected chi connectivity index (χ3v) is 20.7. The summed E-state index contributed by atoms with van der Waals surface area (Å²) in [4.78, 5) is 64.9. The van der Waals surface area contributed by atoms with Gasteiger partial charge in [0.15, 0.2) is 0 Å². The van der Waals surface area contributed by atoms with Crippen LogP contribution in [0.5, 0.6) is 23.0 Å². The predicted octanol–water partition coefficient (Wildman–Crippen LogP) is 13.3. The lowest BCUT2D eigenvalue weighted by Crippen LogP contribution is -2.53. The van der Waals surface area contributed by atoms with E-state index in [-0.39, 0.29) is 73.5 Å². The van der Waals surface area contributed by atoms with Gasteiger partial charge in [0.25, 0.3) is 0 Å². The number of nitrogens with zero attached hydrogens (tertiary/aromatic N) is 2. The molecule has 3 heterocycles. The summed E-state index contributed by atoms with van der Waals surface area (Å²) in [6.07, 6.45) is 0.251. The molecule has 6 aromatic carbocycles. The number of hydrogen-bond acceptors (Lipinski definition) is 16. The van der Waals surface area contributed by atoms with Gasteiger partial charge in [0.1, 0.15) is 35.1 Å². The molecule has 14 nitrogen and oxygen atoms in total. The molecule has 2 amide bonds. The average Bonchev–Trinajstić information content (AvgIpc) is 1.60. The number of carbonyl (C=O) groups excluding carboxylic acids is 4. The molecule has 0 fully saturated rings. The van der Waals surface area contributed by atoms with E-state index < -0.39 is 69.6 Å². The molecule has 6 aromatic rings. The Morgan fingerprint density at radius 2 is 0.716 bits per heavy atom. The van der Waals surface area contributed by atoms with Gasteiger partial charge in [-0.2, -0.15) is 0 Å². The highest BCUT2D eigenvalue weighted by Crippen LogP contribution is 2.49. The molecule has 1 unspecified atom stereocenters. The van der Waals surface area contributed by atoms with Crippen LogP contribution in [0, 0.1) is 0 Å². The van der Waals surface area contributed by atoms with Crippen LogP contribution >= 0.6 is 45.1 Å². The number of hydrogen-bond donors (Lipinski definition) is 6.